The second kappa shape index (κ2) is 9.20. The van der Waals surface area contributed by atoms with E-state index in [1.54, 1.807) is 11.1 Å². The SMILES string of the molecule is CCCC(=O)N1C[C@@H]2c3nc(N4CCCC4)ncc3CS(=O)(=O)[C@@H]2C1.O=C(O)C(F)(F)F. The topological polar surface area (TPSA) is 121 Å². The fourth-order valence-corrected chi connectivity index (χ4v) is 6.20. The third kappa shape index (κ3) is 5.13. The Kier molecular flexibility index (Phi) is 6.96. The quantitative estimate of drug-likeness (QED) is 0.697. The number of carboxylic acids is 1. The third-order valence-corrected chi connectivity index (χ3v) is 7.88. The lowest BCUT2D eigenvalue weighted by molar-refractivity contribution is -0.192. The molecule has 0 saturated carbocycles. The first-order chi connectivity index (χ1) is 14.9. The maximum absolute atomic E-state index is 12.7. The smallest absolute Gasteiger partial charge is 0.475 e. The van der Waals surface area contributed by atoms with E-state index in [9.17, 15) is 26.4 Å². The first-order valence-electron chi connectivity index (χ1n) is 10.3. The monoisotopic (exact) mass is 478 g/mol. The van der Waals surface area contributed by atoms with Crippen molar-refractivity contribution in [3.63, 3.8) is 0 Å². The molecular formula is C19H25F3N4O5S. The van der Waals surface area contributed by atoms with Gasteiger partial charge in [-0.15, -0.1) is 0 Å². The summed E-state index contributed by atoms with van der Waals surface area (Å²) in [6, 6.07) is 0. The molecule has 9 nitrogen and oxygen atoms in total. The molecule has 2 saturated heterocycles. The average Bonchev–Trinajstić information content (AvgIpc) is 3.38. The van der Waals surface area contributed by atoms with Crippen molar-refractivity contribution in [2.45, 2.75) is 55.7 Å². The van der Waals surface area contributed by atoms with Gasteiger partial charge in [-0.2, -0.15) is 13.2 Å². The average molecular weight is 478 g/mol. The predicted octanol–water partition coefficient (Wildman–Crippen LogP) is 1.73. The van der Waals surface area contributed by atoms with E-state index >= 15 is 0 Å². The van der Waals surface area contributed by atoms with Crippen LogP contribution < -0.4 is 4.90 Å². The number of carbonyl (C=O) groups excluding carboxylic acids is 1. The van der Waals surface area contributed by atoms with Crippen molar-refractivity contribution in [1.29, 1.82) is 0 Å². The molecule has 0 unspecified atom stereocenters. The Morgan fingerprint density at radius 1 is 1.22 bits per heavy atom. The highest BCUT2D eigenvalue weighted by molar-refractivity contribution is 7.91. The lowest BCUT2D eigenvalue weighted by Crippen LogP contribution is -2.36. The number of sulfone groups is 1. The molecule has 178 valence electrons. The normalized spacial score (nSPS) is 23.8. The Labute approximate surface area is 183 Å². The molecule has 1 aromatic rings. The number of nitrogens with zero attached hydrogens (tertiary/aromatic N) is 4. The van der Waals surface area contributed by atoms with Crippen molar-refractivity contribution in [2.75, 3.05) is 31.1 Å². The van der Waals surface area contributed by atoms with E-state index in [2.05, 4.69) is 9.88 Å². The van der Waals surface area contributed by atoms with Crippen LogP contribution in [-0.4, -0.2) is 77.9 Å². The highest BCUT2D eigenvalue weighted by atomic mass is 32.2. The van der Waals surface area contributed by atoms with E-state index in [0.29, 0.717) is 31.0 Å². The number of amides is 1. The number of alkyl halides is 3. The zero-order valence-corrected chi connectivity index (χ0v) is 18.3. The van der Waals surface area contributed by atoms with Gasteiger partial charge in [-0.3, -0.25) is 4.79 Å². The third-order valence-electron chi connectivity index (χ3n) is 5.77. The van der Waals surface area contributed by atoms with Crippen molar-refractivity contribution in [3.8, 4) is 0 Å². The Hall–Kier alpha value is -2.44. The second-order valence-electron chi connectivity index (χ2n) is 8.08. The Balaban J connectivity index is 0.000000360. The van der Waals surface area contributed by atoms with Gasteiger partial charge in [-0.05, 0) is 19.3 Å². The molecule has 0 radical (unpaired) electrons. The summed E-state index contributed by atoms with van der Waals surface area (Å²) in [5.74, 6) is -2.25. The molecule has 3 aliphatic rings. The van der Waals surface area contributed by atoms with Gasteiger partial charge in [-0.1, -0.05) is 6.92 Å². The summed E-state index contributed by atoms with van der Waals surface area (Å²) in [6.45, 7) is 4.61. The van der Waals surface area contributed by atoms with E-state index in [1.165, 1.54) is 0 Å². The summed E-state index contributed by atoms with van der Waals surface area (Å²) < 4.78 is 57.1. The zero-order valence-electron chi connectivity index (χ0n) is 17.5. The molecular weight excluding hydrogens is 453 g/mol. The Bertz CT molecular complexity index is 980. The molecule has 2 fully saturated rings. The molecule has 1 amide bonds. The lowest BCUT2D eigenvalue weighted by atomic mass is 10.00. The van der Waals surface area contributed by atoms with Gasteiger partial charge in [0.1, 0.15) is 0 Å². The number of likely N-dealkylation sites (tertiary alicyclic amines) is 1. The number of halogens is 3. The van der Waals surface area contributed by atoms with Crippen molar-refractivity contribution >= 4 is 27.7 Å². The summed E-state index contributed by atoms with van der Waals surface area (Å²) >= 11 is 0. The minimum atomic E-state index is -5.08. The van der Waals surface area contributed by atoms with E-state index in [0.717, 1.165) is 38.0 Å². The molecule has 4 rings (SSSR count). The zero-order chi connectivity index (χ0) is 23.7. The summed E-state index contributed by atoms with van der Waals surface area (Å²) in [6.07, 6.45) is 0.116. The van der Waals surface area contributed by atoms with Crippen molar-refractivity contribution < 1.29 is 36.3 Å². The molecule has 3 aliphatic heterocycles. The minimum absolute atomic E-state index is 0.0143. The molecule has 0 aliphatic carbocycles. The number of aromatic nitrogens is 2. The number of fused-ring (bicyclic) bond motifs is 3. The highest BCUT2D eigenvalue weighted by Crippen LogP contribution is 2.40. The maximum atomic E-state index is 12.7. The molecule has 0 bridgehead atoms. The number of hydrogen-bond acceptors (Lipinski definition) is 7. The Morgan fingerprint density at radius 3 is 2.41 bits per heavy atom. The number of hydrogen-bond donors (Lipinski definition) is 1. The number of carboxylic acid groups (broad SMARTS) is 1. The van der Waals surface area contributed by atoms with Crippen LogP contribution in [0.3, 0.4) is 0 Å². The summed E-state index contributed by atoms with van der Waals surface area (Å²) in [5.41, 5.74) is 1.54. The minimum Gasteiger partial charge on any atom is -0.475 e. The van der Waals surface area contributed by atoms with E-state index in [4.69, 9.17) is 14.9 Å². The molecule has 1 aromatic heterocycles. The molecule has 0 spiro atoms. The maximum Gasteiger partial charge on any atom is 0.490 e. The van der Waals surface area contributed by atoms with Gasteiger partial charge in [-0.25, -0.2) is 23.2 Å². The molecule has 2 atom stereocenters. The van der Waals surface area contributed by atoms with E-state index in [-0.39, 0.29) is 17.6 Å². The predicted molar refractivity (Wildman–Crippen MR) is 108 cm³/mol. The van der Waals surface area contributed by atoms with Crippen LogP contribution in [0.15, 0.2) is 6.20 Å². The largest absolute Gasteiger partial charge is 0.490 e. The fraction of sp³-hybridized carbons (Fsp3) is 0.684. The van der Waals surface area contributed by atoms with Crippen LogP contribution in [0.1, 0.15) is 49.8 Å². The molecule has 13 heteroatoms. The fourth-order valence-electron chi connectivity index (χ4n) is 4.21. The van der Waals surface area contributed by atoms with Crippen LogP contribution in [-0.2, 0) is 25.2 Å². The van der Waals surface area contributed by atoms with Crippen molar-refractivity contribution in [1.82, 2.24) is 14.9 Å². The van der Waals surface area contributed by atoms with Gasteiger partial charge in [0.25, 0.3) is 0 Å². The van der Waals surface area contributed by atoms with Gasteiger partial charge in [0.05, 0.1) is 16.7 Å². The van der Waals surface area contributed by atoms with Gasteiger partial charge < -0.3 is 14.9 Å². The standard InChI is InChI=1S/C17H24N4O3S.C2HF3O2/c1-2-5-15(22)21-9-13-14(10-21)25(23,24)11-12-8-18-17(19-16(12)13)20-6-3-4-7-20;3-2(4,5)1(6)7/h8,13-14H,2-7,9-11H2,1H3;(H,6,7)/t13-,14+;/m0./s1. The van der Waals surface area contributed by atoms with Crippen LogP contribution in [0.4, 0.5) is 19.1 Å². The summed E-state index contributed by atoms with van der Waals surface area (Å²) in [5, 5.41) is 6.60. The van der Waals surface area contributed by atoms with Gasteiger partial charge in [0, 0.05) is 50.3 Å². The molecule has 32 heavy (non-hydrogen) atoms. The summed E-state index contributed by atoms with van der Waals surface area (Å²) in [4.78, 5) is 34.2. The number of anilines is 1. The van der Waals surface area contributed by atoms with Crippen LogP contribution in [0.5, 0.6) is 0 Å². The number of rotatable bonds is 3. The van der Waals surface area contributed by atoms with Crippen LogP contribution >= 0.6 is 0 Å². The van der Waals surface area contributed by atoms with E-state index in [1.807, 2.05) is 6.92 Å². The second-order valence-corrected chi connectivity index (χ2v) is 10.3. The molecule has 4 heterocycles. The first-order valence-corrected chi connectivity index (χ1v) is 12.1. The molecule has 0 aromatic carbocycles. The van der Waals surface area contributed by atoms with Gasteiger partial charge >= 0.3 is 12.1 Å². The number of aliphatic carboxylic acids is 1. The van der Waals surface area contributed by atoms with Gasteiger partial charge in [0.15, 0.2) is 9.84 Å². The van der Waals surface area contributed by atoms with Crippen molar-refractivity contribution in [3.05, 3.63) is 17.5 Å². The Morgan fingerprint density at radius 2 is 1.84 bits per heavy atom. The lowest BCUT2D eigenvalue weighted by Gasteiger charge is -2.27. The van der Waals surface area contributed by atoms with E-state index < -0.39 is 27.2 Å². The van der Waals surface area contributed by atoms with Crippen molar-refractivity contribution in [2.24, 2.45) is 0 Å². The highest BCUT2D eigenvalue weighted by Gasteiger charge is 2.48. The molecule has 1 N–H and O–H groups in total. The van der Waals surface area contributed by atoms with Crippen LogP contribution in [0.2, 0.25) is 0 Å². The van der Waals surface area contributed by atoms with Crippen LogP contribution in [0.25, 0.3) is 0 Å². The van der Waals surface area contributed by atoms with Gasteiger partial charge in [0.2, 0.25) is 11.9 Å². The summed E-state index contributed by atoms with van der Waals surface area (Å²) in [7, 11) is -3.27. The number of carbonyl (C=O) groups is 2. The first kappa shape index (κ1) is 24.2. The van der Waals surface area contributed by atoms with Crippen LogP contribution in [0, 0.1) is 0 Å².